The van der Waals surface area contributed by atoms with E-state index in [9.17, 15) is 9.18 Å². The molecule has 4 rings (SSSR count). The van der Waals surface area contributed by atoms with Crippen molar-refractivity contribution in [3.05, 3.63) is 18.2 Å². The monoisotopic (exact) mass is 194 g/mol. The van der Waals surface area contributed by atoms with Crippen LogP contribution in [-0.4, -0.2) is 22.0 Å². The summed E-state index contributed by atoms with van der Waals surface area (Å²) < 4.78 is 15.2. The van der Waals surface area contributed by atoms with E-state index >= 15 is 0 Å². The molecule has 74 valence electrons. The quantitative estimate of drug-likeness (QED) is 0.669. The van der Waals surface area contributed by atoms with Crippen LogP contribution < -0.4 is 0 Å². The molecule has 3 fully saturated rings. The Morgan fingerprint density at radius 3 is 2.93 bits per heavy atom. The lowest BCUT2D eigenvalue weighted by molar-refractivity contribution is 0.106. The maximum Gasteiger partial charge on any atom is 0.185 e. The average molecular weight is 194 g/mol. The molecule has 1 heterocycles. The molecule has 0 aliphatic heterocycles. The van der Waals surface area contributed by atoms with Crippen molar-refractivity contribution in [2.45, 2.75) is 31.0 Å². The second-order valence-electron chi connectivity index (χ2n) is 4.39. The molecule has 14 heavy (non-hydrogen) atoms. The zero-order valence-corrected chi connectivity index (χ0v) is 7.69. The lowest BCUT2D eigenvalue weighted by atomic mass is 9.76. The van der Waals surface area contributed by atoms with Crippen LogP contribution in [0.3, 0.4) is 0 Å². The van der Waals surface area contributed by atoms with E-state index in [-0.39, 0.29) is 11.5 Å². The van der Waals surface area contributed by atoms with E-state index < -0.39 is 6.17 Å². The number of imidazole rings is 1. The Labute approximate surface area is 80.9 Å². The summed E-state index contributed by atoms with van der Waals surface area (Å²) in [6.45, 7) is 0. The topological polar surface area (TPSA) is 34.9 Å². The Morgan fingerprint density at radius 1 is 1.57 bits per heavy atom. The fourth-order valence-electron chi connectivity index (χ4n) is 2.97. The van der Waals surface area contributed by atoms with Crippen molar-refractivity contribution in [1.82, 2.24) is 9.55 Å². The molecule has 0 N–H and O–H groups in total. The predicted octanol–water partition coefficient (Wildman–Crippen LogP) is 1.54. The molecule has 3 aliphatic rings. The average Bonchev–Trinajstić information content (AvgIpc) is 2.72. The number of rotatable bonds is 2. The summed E-state index contributed by atoms with van der Waals surface area (Å²) in [4.78, 5) is 14.7. The Morgan fingerprint density at radius 2 is 2.36 bits per heavy atom. The number of halogens is 1. The van der Waals surface area contributed by atoms with Crippen LogP contribution in [-0.2, 0) is 5.54 Å². The van der Waals surface area contributed by atoms with Crippen molar-refractivity contribution in [3.8, 4) is 0 Å². The molecule has 0 unspecified atom stereocenters. The van der Waals surface area contributed by atoms with E-state index in [0.29, 0.717) is 12.2 Å². The highest BCUT2D eigenvalue weighted by Crippen LogP contribution is 2.58. The largest absolute Gasteiger partial charge is 0.323 e. The number of aldehydes is 1. The number of aromatic nitrogens is 2. The molecule has 1 atom stereocenters. The zero-order valence-electron chi connectivity index (χ0n) is 7.69. The molecule has 0 saturated heterocycles. The first kappa shape index (κ1) is 8.15. The molecular weight excluding hydrogens is 183 g/mol. The van der Waals surface area contributed by atoms with Crippen molar-refractivity contribution >= 4 is 6.29 Å². The summed E-state index contributed by atoms with van der Waals surface area (Å²) in [5.41, 5.74) is -0.128. The van der Waals surface area contributed by atoms with Crippen molar-refractivity contribution in [1.29, 1.82) is 0 Å². The molecule has 2 bridgehead atoms. The molecule has 0 radical (unpaired) electrons. The maximum atomic E-state index is 13.3. The molecule has 1 aromatic rings. The van der Waals surface area contributed by atoms with E-state index in [1.165, 1.54) is 0 Å². The lowest BCUT2D eigenvalue weighted by Crippen LogP contribution is -2.39. The first-order valence-electron chi connectivity index (χ1n) is 4.88. The van der Waals surface area contributed by atoms with Gasteiger partial charge in [-0.3, -0.25) is 4.79 Å². The molecule has 4 heteroatoms. The van der Waals surface area contributed by atoms with Gasteiger partial charge in [-0.15, -0.1) is 0 Å². The third-order valence-electron chi connectivity index (χ3n) is 3.66. The second-order valence-corrected chi connectivity index (χ2v) is 4.39. The van der Waals surface area contributed by atoms with Crippen molar-refractivity contribution < 1.29 is 9.18 Å². The third kappa shape index (κ3) is 0.811. The van der Waals surface area contributed by atoms with Crippen LogP contribution in [0.4, 0.5) is 4.39 Å². The second kappa shape index (κ2) is 2.43. The highest BCUT2D eigenvalue weighted by atomic mass is 19.1. The zero-order chi connectivity index (χ0) is 9.76. The third-order valence-corrected chi connectivity index (χ3v) is 3.66. The van der Waals surface area contributed by atoms with Gasteiger partial charge in [0.15, 0.2) is 12.1 Å². The Balaban J connectivity index is 2.00. The lowest BCUT2D eigenvalue weighted by Gasteiger charge is -2.39. The molecular formula is C10H11FN2O. The normalized spacial score (nSPS) is 39.5. The Kier molecular flexibility index (Phi) is 1.42. The minimum absolute atomic E-state index is 0.128. The number of nitrogens with zero attached hydrogens (tertiary/aromatic N) is 2. The van der Waals surface area contributed by atoms with Crippen molar-refractivity contribution in [3.63, 3.8) is 0 Å². The van der Waals surface area contributed by atoms with Crippen LogP contribution >= 0.6 is 0 Å². The highest BCUT2D eigenvalue weighted by molar-refractivity contribution is 5.69. The van der Waals surface area contributed by atoms with E-state index in [4.69, 9.17) is 0 Å². The minimum atomic E-state index is -0.683. The fourth-order valence-corrected chi connectivity index (χ4v) is 2.97. The van der Waals surface area contributed by atoms with Gasteiger partial charge in [0.05, 0.1) is 0 Å². The van der Waals surface area contributed by atoms with Gasteiger partial charge in [0.25, 0.3) is 0 Å². The number of carbonyl (C=O) groups excluding carboxylic acids is 1. The molecule has 3 saturated carbocycles. The first-order valence-corrected chi connectivity index (χ1v) is 4.88. The maximum absolute atomic E-state index is 13.3. The van der Waals surface area contributed by atoms with Gasteiger partial charge in [-0.2, -0.15) is 0 Å². The summed E-state index contributed by atoms with van der Waals surface area (Å²) in [6, 6.07) is 0. The van der Waals surface area contributed by atoms with Gasteiger partial charge in [0.1, 0.15) is 6.17 Å². The van der Waals surface area contributed by atoms with Gasteiger partial charge in [-0.25, -0.2) is 9.37 Å². The summed E-state index contributed by atoms with van der Waals surface area (Å²) in [7, 11) is 0. The summed E-state index contributed by atoms with van der Waals surface area (Å²) >= 11 is 0. The predicted molar refractivity (Wildman–Crippen MR) is 47.8 cm³/mol. The van der Waals surface area contributed by atoms with Crippen LogP contribution in [0.2, 0.25) is 0 Å². The van der Waals surface area contributed by atoms with E-state index in [1.807, 2.05) is 4.57 Å². The van der Waals surface area contributed by atoms with E-state index in [0.717, 1.165) is 19.1 Å². The Bertz CT molecular complexity index is 381. The van der Waals surface area contributed by atoms with Gasteiger partial charge in [0, 0.05) is 24.4 Å². The van der Waals surface area contributed by atoms with Crippen molar-refractivity contribution in [2.24, 2.45) is 5.92 Å². The number of fused-ring (bicyclic) bond motifs is 1. The first-order chi connectivity index (χ1) is 6.75. The van der Waals surface area contributed by atoms with Crippen molar-refractivity contribution in [2.75, 3.05) is 0 Å². The van der Waals surface area contributed by atoms with Crippen LogP contribution in [0.1, 0.15) is 29.9 Å². The Hall–Kier alpha value is -1.19. The molecule has 3 nitrogen and oxygen atoms in total. The smallest absolute Gasteiger partial charge is 0.185 e. The standard InChI is InChI=1S/C10H11FN2O/c11-8-5-10(3-7(8)4-10)13-2-1-12-9(13)6-14/h1-2,6-8H,3-5H2/t7?,8-,10?/m0/s1. The van der Waals surface area contributed by atoms with Crippen LogP contribution in [0.25, 0.3) is 0 Å². The summed E-state index contributed by atoms with van der Waals surface area (Å²) in [5, 5.41) is 0. The van der Waals surface area contributed by atoms with Crippen LogP contribution in [0.15, 0.2) is 12.4 Å². The highest BCUT2D eigenvalue weighted by Gasteiger charge is 2.58. The molecule has 0 aromatic carbocycles. The van der Waals surface area contributed by atoms with E-state index in [1.54, 1.807) is 12.4 Å². The minimum Gasteiger partial charge on any atom is -0.323 e. The van der Waals surface area contributed by atoms with Gasteiger partial charge in [-0.05, 0) is 18.8 Å². The van der Waals surface area contributed by atoms with Gasteiger partial charge < -0.3 is 4.57 Å². The summed E-state index contributed by atoms with van der Waals surface area (Å²) in [6.07, 6.45) is 5.74. The number of hydrogen-bond acceptors (Lipinski definition) is 2. The molecule has 1 aromatic heterocycles. The van der Waals surface area contributed by atoms with Crippen LogP contribution in [0.5, 0.6) is 0 Å². The van der Waals surface area contributed by atoms with Crippen LogP contribution in [0, 0.1) is 5.92 Å². The van der Waals surface area contributed by atoms with Gasteiger partial charge >= 0.3 is 0 Å². The fraction of sp³-hybridized carbons (Fsp3) is 0.600. The summed E-state index contributed by atoms with van der Waals surface area (Å²) in [5.74, 6) is 0.648. The number of alkyl halides is 1. The molecule has 3 aliphatic carbocycles. The number of hydrogen-bond donors (Lipinski definition) is 0. The SMILES string of the molecule is O=Cc1nccn1C12CC(C1)[C@@H](F)C2. The molecule has 0 spiro atoms. The van der Waals surface area contributed by atoms with Gasteiger partial charge in [-0.1, -0.05) is 0 Å². The molecule has 0 amide bonds. The van der Waals surface area contributed by atoms with Gasteiger partial charge in [0.2, 0.25) is 0 Å². The van der Waals surface area contributed by atoms with E-state index in [2.05, 4.69) is 4.98 Å². The number of carbonyl (C=O) groups is 1.